The fourth-order valence-electron chi connectivity index (χ4n) is 7.36. The molecule has 0 bridgehead atoms. The van der Waals surface area contributed by atoms with Crippen LogP contribution < -0.4 is 5.11 Å². The quantitative estimate of drug-likeness (QED) is 0.0195. The molecule has 2 atom stereocenters. The summed E-state index contributed by atoms with van der Waals surface area (Å²) in [5.74, 6) is -2.33. The van der Waals surface area contributed by atoms with Crippen molar-refractivity contribution in [1.82, 2.24) is 0 Å². The number of carbonyl (C=O) groups excluding carboxylic acids is 3. The molecule has 9 nitrogen and oxygen atoms in total. The van der Waals surface area contributed by atoms with Gasteiger partial charge >= 0.3 is 11.9 Å². The third kappa shape index (κ3) is 52.1. The molecule has 0 N–H and O–H groups in total. The average molecular weight is 966 g/mol. The summed E-state index contributed by atoms with van der Waals surface area (Å²) in [4.78, 5) is 37.2. The third-order valence-corrected chi connectivity index (χ3v) is 11.6. The lowest BCUT2D eigenvalue weighted by Gasteiger charge is -2.26. The van der Waals surface area contributed by atoms with Crippen LogP contribution in [-0.4, -0.2) is 82.3 Å². The third-order valence-electron chi connectivity index (χ3n) is 11.6. The Morgan fingerprint density at radius 3 is 1.25 bits per heavy atom. The molecular weight excluding hydrogens is 863 g/mol. The number of carboxylic acids is 1. The van der Waals surface area contributed by atoms with Gasteiger partial charge in [-0.2, -0.15) is 0 Å². The minimum absolute atomic E-state index is 0.138. The molecule has 0 aromatic heterocycles. The average Bonchev–Trinajstić information content (AvgIpc) is 3.31. The van der Waals surface area contributed by atoms with E-state index in [4.69, 9.17) is 18.9 Å². The lowest BCUT2D eigenvalue weighted by Crippen LogP contribution is -2.44. The topological polar surface area (TPSA) is 111 Å². The number of carboxylic acid groups (broad SMARTS) is 1. The SMILES string of the molecule is CC/C=C\C/C=C\C/C=C\C/C=C\C/C=C\C/C=C\CCCCCCC(=O)OC(COC(=O)CCCCCCCCCCC/C=C\CCCCCCCCCC)COC(OCC[N+](C)(C)C)C(=O)[O-]. The van der Waals surface area contributed by atoms with Gasteiger partial charge in [0.15, 0.2) is 12.4 Å². The van der Waals surface area contributed by atoms with Gasteiger partial charge in [0.25, 0.3) is 0 Å². The maximum atomic E-state index is 12.8. The van der Waals surface area contributed by atoms with E-state index in [0.717, 1.165) is 83.5 Å². The molecule has 2 unspecified atom stereocenters. The normalized spacial score (nSPS) is 13.5. The molecule has 0 saturated heterocycles. The molecule has 0 aliphatic heterocycles. The van der Waals surface area contributed by atoms with Gasteiger partial charge in [0.05, 0.1) is 40.3 Å². The summed E-state index contributed by atoms with van der Waals surface area (Å²) in [5.41, 5.74) is 0. The highest BCUT2D eigenvalue weighted by Gasteiger charge is 2.22. The summed E-state index contributed by atoms with van der Waals surface area (Å²) in [6.07, 6.45) is 63.3. The lowest BCUT2D eigenvalue weighted by atomic mass is 10.1. The summed E-state index contributed by atoms with van der Waals surface area (Å²) in [7, 11) is 5.90. The highest BCUT2D eigenvalue weighted by molar-refractivity contribution is 5.70. The van der Waals surface area contributed by atoms with Crippen molar-refractivity contribution < 1.29 is 42.9 Å². The first kappa shape index (κ1) is 65.5. The molecular formula is C60H103NO8. The van der Waals surface area contributed by atoms with Crippen LogP contribution in [-0.2, 0) is 33.3 Å². The van der Waals surface area contributed by atoms with Crippen LogP contribution in [0, 0.1) is 0 Å². The van der Waals surface area contributed by atoms with Gasteiger partial charge in [-0.15, -0.1) is 0 Å². The zero-order valence-corrected chi connectivity index (χ0v) is 44.9. The summed E-state index contributed by atoms with van der Waals surface area (Å²) >= 11 is 0. The minimum Gasteiger partial charge on any atom is -0.545 e. The van der Waals surface area contributed by atoms with Crippen molar-refractivity contribution in [2.45, 2.75) is 232 Å². The highest BCUT2D eigenvalue weighted by Crippen LogP contribution is 2.14. The van der Waals surface area contributed by atoms with E-state index < -0.39 is 24.3 Å². The summed E-state index contributed by atoms with van der Waals surface area (Å²) in [5, 5.41) is 11.8. The van der Waals surface area contributed by atoms with Crippen LogP contribution in [0.3, 0.4) is 0 Å². The van der Waals surface area contributed by atoms with E-state index in [1.807, 2.05) is 21.1 Å². The molecule has 0 radical (unpaired) electrons. The van der Waals surface area contributed by atoms with Crippen molar-refractivity contribution in [2.24, 2.45) is 0 Å². The standard InChI is InChI=1S/C60H103NO8/c1-6-8-10-12-14-16-18-20-22-24-26-28-29-31-33-35-37-39-41-43-45-47-49-51-58(63)69-56(55-68-60(59(64)65)66-53-52-61(3,4)5)54-67-57(62)50-48-46-44-42-40-38-36-34-32-30-27-25-23-21-19-17-15-13-11-9-7-2/h8,10,14,16,20,22,25-28,31,33,37,39,56,60H,6-7,9,11-13,15,17-19,21,23-24,29-30,32,34-36,38,40-55H2,1-5H3/b10-8-,16-14-,22-20-,27-25-,28-26-,33-31-,39-37-. The number of quaternary nitrogens is 1. The maximum absolute atomic E-state index is 12.8. The predicted molar refractivity (Wildman–Crippen MR) is 288 cm³/mol. The molecule has 9 heteroatoms. The molecule has 0 aliphatic carbocycles. The lowest BCUT2D eigenvalue weighted by molar-refractivity contribution is -0.870. The highest BCUT2D eigenvalue weighted by atomic mass is 16.7. The van der Waals surface area contributed by atoms with E-state index in [0.29, 0.717) is 17.4 Å². The van der Waals surface area contributed by atoms with Crippen LogP contribution >= 0.6 is 0 Å². The van der Waals surface area contributed by atoms with Gasteiger partial charge in [0.2, 0.25) is 0 Å². The number of aliphatic carboxylic acids is 1. The minimum atomic E-state index is -1.63. The van der Waals surface area contributed by atoms with Crippen molar-refractivity contribution >= 4 is 17.9 Å². The number of likely N-dealkylation sites (N-methyl/N-ethyl adjacent to an activating group) is 1. The number of carbonyl (C=O) groups is 3. The van der Waals surface area contributed by atoms with Gasteiger partial charge in [0, 0.05) is 12.8 Å². The zero-order chi connectivity index (χ0) is 50.6. The first-order valence-electron chi connectivity index (χ1n) is 27.7. The van der Waals surface area contributed by atoms with Crippen molar-refractivity contribution in [2.75, 3.05) is 47.5 Å². The predicted octanol–water partition coefficient (Wildman–Crippen LogP) is 14.7. The van der Waals surface area contributed by atoms with E-state index in [9.17, 15) is 19.5 Å². The Balaban J connectivity index is 4.37. The number of rotatable bonds is 50. The fraction of sp³-hybridized carbons (Fsp3) is 0.717. The fourth-order valence-corrected chi connectivity index (χ4v) is 7.36. The molecule has 0 fully saturated rings. The van der Waals surface area contributed by atoms with E-state index in [-0.39, 0.29) is 38.6 Å². The van der Waals surface area contributed by atoms with Crippen molar-refractivity contribution in [3.63, 3.8) is 0 Å². The molecule has 0 heterocycles. The molecule has 0 aromatic rings. The monoisotopic (exact) mass is 966 g/mol. The second-order valence-corrected chi connectivity index (χ2v) is 19.5. The van der Waals surface area contributed by atoms with Crippen molar-refractivity contribution in [3.05, 3.63) is 85.1 Å². The Bertz CT molecular complexity index is 1400. The number of hydrogen-bond acceptors (Lipinski definition) is 8. The van der Waals surface area contributed by atoms with Gasteiger partial charge in [-0.3, -0.25) is 9.59 Å². The first-order valence-corrected chi connectivity index (χ1v) is 27.7. The smallest absolute Gasteiger partial charge is 0.306 e. The first-order chi connectivity index (χ1) is 33.6. The summed E-state index contributed by atoms with van der Waals surface area (Å²) in [6, 6.07) is 0. The molecule has 0 spiro atoms. The van der Waals surface area contributed by atoms with Crippen LogP contribution in [0.4, 0.5) is 0 Å². The molecule has 0 amide bonds. The maximum Gasteiger partial charge on any atom is 0.306 e. The summed E-state index contributed by atoms with van der Waals surface area (Å²) in [6.45, 7) is 4.60. The van der Waals surface area contributed by atoms with E-state index in [1.165, 1.54) is 103 Å². The zero-order valence-electron chi connectivity index (χ0n) is 44.9. The van der Waals surface area contributed by atoms with Crippen LogP contribution in [0.2, 0.25) is 0 Å². The summed E-state index contributed by atoms with van der Waals surface area (Å²) < 4.78 is 22.6. The van der Waals surface area contributed by atoms with Crippen molar-refractivity contribution in [3.8, 4) is 0 Å². The molecule has 0 saturated carbocycles. The number of nitrogens with zero attached hydrogens (tertiary/aromatic N) is 1. The number of allylic oxidation sites excluding steroid dienone is 14. The van der Waals surface area contributed by atoms with E-state index in [1.54, 1.807) is 0 Å². The number of ether oxygens (including phenoxy) is 4. The van der Waals surface area contributed by atoms with Gasteiger partial charge in [-0.1, -0.05) is 202 Å². The largest absolute Gasteiger partial charge is 0.545 e. The number of unbranched alkanes of at least 4 members (excludes halogenated alkanes) is 21. The van der Waals surface area contributed by atoms with E-state index >= 15 is 0 Å². The van der Waals surface area contributed by atoms with Crippen molar-refractivity contribution in [1.29, 1.82) is 0 Å². The number of hydrogen-bond donors (Lipinski definition) is 0. The second-order valence-electron chi connectivity index (χ2n) is 19.5. The molecule has 69 heavy (non-hydrogen) atoms. The van der Waals surface area contributed by atoms with Crippen LogP contribution in [0.5, 0.6) is 0 Å². The Morgan fingerprint density at radius 1 is 0.449 bits per heavy atom. The molecule has 0 rings (SSSR count). The van der Waals surface area contributed by atoms with Crippen LogP contribution in [0.15, 0.2) is 85.1 Å². The Hall–Kier alpha value is -3.53. The van der Waals surface area contributed by atoms with Gasteiger partial charge in [-0.05, 0) is 89.9 Å². The Morgan fingerprint density at radius 2 is 0.826 bits per heavy atom. The molecule has 0 aliphatic rings. The van der Waals surface area contributed by atoms with E-state index in [2.05, 4.69) is 98.9 Å². The second kappa shape index (κ2) is 50.8. The van der Waals surface area contributed by atoms with Crippen LogP contribution in [0.1, 0.15) is 219 Å². The van der Waals surface area contributed by atoms with Gasteiger partial charge in [-0.25, -0.2) is 0 Å². The van der Waals surface area contributed by atoms with Crippen LogP contribution in [0.25, 0.3) is 0 Å². The Labute approximate surface area is 423 Å². The molecule has 0 aromatic carbocycles. The van der Waals surface area contributed by atoms with Gasteiger partial charge in [0.1, 0.15) is 13.2 Å². The molecule has 396 valence electrons. The number of esters is 2. The van der Waals surface area contributed by atoms with Gasteiger partial charge < -0.3 is 33.3 Å². The Kier molecular flexibility index (Phi) is 48.2.